The van der Waals surface area contributed by atoms with Crippen molar-refractivity contribution in [2.45, 2.75) is 83.2 Å². The Balaban J connectivity index is 1.47. The highest BCUT2D eigenvalue weighted by molar-refractivity contribution is 5.75. The molecule has 172 valence electrons. The fourth-order valence-electron chi connectivity index (χ4n) is 5.08. The first-order valence-corrected chi connectivity index (χ1v) is 11.5. The van der Waals surface area contributed by atoms with Crippen molar-refractivity contribution < 1.29 is 27.1 Å². The normalized spacial score (nSPS) is 27.7. The summed E-state index contributed by atoms with van der Waals surface area (Å²) in [6.45, 7) is 2.24. The Morgan fingerprint density at radius 1 is 0.968 bits per heavy atom. The molecule has 2 aliphatic carbocycles. The van der Waals surface area contributed by atoms with Crippen LogP contribution in [0.2, 0.25) is 0 Å². The van der Waals surface area contributed by atoms with Crippen LogP contribution in [-0.2, 0) is 4.79 Å². The second-order valence-corrected chi connectivity index (χ2v) is 9.12. The van der Waals surface area contributed by atoms with E-state index in [4.69, 9.17) is 4.74 Å². The van der Waals surface area contributed by atoms with Gasteiger partial charge in [0.25, 0.3) is 0 Å². The van der Waals surface area contributed by atoms with Crippen LogP contribution in [0, 0.1) is 17.8 Å². The zero-order chi connectivity index (χ0) is 22.4. The molecule has 6 heteroatoms. The molecule has 2 fully saturated rings. The molecule has 0 amide bonds. The lowest BCUT2D eigenvalue weighted by molar-refractivity contribution is -0.140. The highest BCUT2D eigenvalue weighted by Crippen LogP contribution is 2.39. The molecule has 1 aromatic rings. The number of ether oxygens (including phenoxy) is 1. The zero-order valence-corrected chi connectivity index (χ0v) is 18.1. The van der Waals surface area contributed by atoms with Crippen LogP contribution in [0.4, 0.5) is 17.6 Å². The summed E-state index contributed by atoms with van der Waals surface area (Å²) in [6.07, 6.45) is 3.70. The maximum Gasteiger partial charge on any atom is 0.412 e. The van der Waals surface area contributed by atoms with E-state index in [1.807, 2.05) is 24.3 Å². The smallest absolute Gasteiger partial charge is 0.412 e. The Morgan fingerprint density at radius 3 is 2.10 bits per heavy atom. The average molecular weight is 441 g/mol. The maximum atomic E-state index is 13.7. The van der Waals surface area contributed by atoms with Gasteiger partial charge in [0.05, 0.1) is 12.0 Å². The Morgan fingerprint density at radius 2 is 1.55 bits per heavy atom. The minimum atomic E-state index is -4.65. The summed E-state index contributed by atoms with van der Waals surface area (Å²) in [4.78, 5) is 12.4. The number of carbonyl (C=O) groups excluding carboxylic acids is 1. The first-order chi connectivity index (χ1) is 14.7. The number of alkyl halides is 3. The lowest BCUT2D eigenvalue weighted by Crippen LogP contribution is -2.26. The van der Waals surface area contributed by atoms with Crippen LogP contribution in [0.5, 0.6) is 5.75 Å². The van der Waals surface area contributed by atoms with Gasteiger partial charge >= 0.3 is 12.1 Å². The van der Waals surface area contributed by atoms with Gasteiger partial charge in [-0.15, -0.1) is 0 Å². The van der Waals surface area contributed by atoms with Crippen LogP contribution in [0.25, 0.3) is 0 Å². The molecule has 0 spiro atoms. The molecule has 0 aliphatic heterocycles. The van der Waals surface area contributed by atoms with E-state index in [1.165, 1.54) is 44.1 Å². The fraction of sp³-hybridized carbons (Fsp3) is 0.640. The van der Waals surface area contributed by atoms with Crippen molar-refractivity contribution in [1.29, 1.82) is 0 Å². The lowest BCUT2D eigenvalue weighted by atomic mass is 9.77. The summed E-state index contributed by atoms with van der Waals surface area (Å²) >= 11 is 0. The Hall–Kier alpha value is -1.85. The Labute approximate surface area is 182 Å². The fourth-order valence-corrected chi connectivity index (χ4v) is 5.08. The molecule has 0 N–H and O–H groups in total. The summed E-state index contributed by atoms with van der Waals surface area (Å²) in [6, 6.07) is 7.70. The topological polar surface area (TPSA) is 26.3 Å². The zero-order valence-electron chi connectivity index (χ0n) is 18.1. The standard InChI is InChI=1S/C25H32F4O2/c1-2-3-17-4-6-18(7-5-17)19-12-14-22(15-13-19)31-24(30)21-10-8-20(9-11-21)23(26)16-25(27,28)29/h12-18,20-21H,2-11H2,1H3/b23-16-. The van der Waals surface area contributed by atoms with Crippen LogP contribution >= 0.6 is 0 Å². The van der Waals surface area contributed by atoms with Gasteiger partial charge in [0.1, 0.15) is 11.6 Å². The third-order valence-electron chi connectivity index (χ3n) is 6.87. The second-order valence-electron chi connectivity index (χ2n) is 9.12. The Bertz CT molecular complexity index is 738. The number of esters is 1. The summed E-state index contributed by atoms with van der Waals surface area (Å²) in [5.41, 5.74) is 1.28. The van der Waals surface area contributed by atoms with Crippen LogP contribution < -0.4 is 4.74 Å². The molecule has 0 heterocycles. The number of rotatable bonds is 6. The van der Waals surface area contributed by atoms with Crippen molar-refractivity contribution in [3.05, 3.63) is 41.7 Å². The van der Waals surface area contributed by atoms with Gasteiger partial charge in [0, 0.05) is 5.92 Å². The van der Waals surface area contributed by atoms with Crippen molar-refractivity contribution >= 4 is 5.97 Å². The molecule has 2 saturated carbocycles. The number of halogens is 4. The molecule has 31 heavy (non-hydrogen) atoms. The van der Waals surface area contributed by atoms with Gasteiger partial charge in [-0.2, -0.15) is 13.2 Å². The summed E-state index contributed by atoms with van der Waals surface area (Å²) < 4.78 is 56.2. The molecule has 2 nitrogen and oxygen atoms in total. The van der Waals surface area contributed by atoms with Gasteiger partial charge in [0.2, 0.25) is 0 Å². The minimum absolute atomic E-state index is 0.220. The summed E-state index contributed by atoms with van der Waals surface area (Å²) in [7, 11) is 0. The van der Waals surface area contributed by atoms with E-state index < -0.39 is 23.8 Å². The van der Waals surface area contributed by atoms with E-state index in [0.29, 0.717) is 24.5 Å². The van der Waals surface area contributed by atoms with Crippen LogP contribution in [0.1, 0.15) is 82.6 Å². The molecule has 2 aliphatic rings. The van der Waals surface area contributed by atoms with Crippen LogP contribution in [0.15, 0.2) is 36.2 Å². The Kier molecular flexibility index (Phi) is 8.17. The number of hydrogen-bond acceptors (Lipinski definition) is 2. The number of carbonyl (C=O) groups is 1. The van der Waals surface area contributed by atoms with Crippen molar-refractivity contribution in [3.8, 4) is 5.75 Å². The van der Waals surface area contributed by atoms with E-state index in [0.717, 1.165) is 5.92 Å². The van der Waals surface area contributed by atoms with Gasteiger partial charge in [-0.25, -0.2) is 4.39 Å². The first-order valence-electron chi connectivity index (χ1n) is 11.5. The van der Waals surface area contributed by atoms with Crippen molar-refractivity contribution in [2.24, 2.45) is 17.8 Å². The summed E-state index contributed by atoms with van der Waals surface area (Å²) in [5.74, 6) is -0.786. The average Bonchev–Trinajstić information content (AvgIpc) is 2.74. The van der Waals surface area contributed by atoms with Crippen molar-refractivity contribution in [1.82, 2.24) is 0 Å². The van der Waals surface area contributed by atoms with Gasteiger partial charge in [-0.3, -0.25) is 4.79 Å². The first kappa shape index (κ1) is 23.8. The van der Waals surface area contributed by atoms with E-state index in [2.05, 4.69) is 6.92 Å². The highest BCUT2D eigenvalue weighted by atomic mass is 19.4. The van der Waals surface area contributed by atoms with Gasteiger partial charge < -0.3 is 4.74 Å². The number of benzene rings is 1. The predicted molar refractivity (Wildman–Crippen MR) is 112 cm³/mol. The van der Waals surface area contributed by atoms with Gasteiger partial charge in [0.15, 0.2) is 0 Å². The lowest BCUT2D eigenvalue weighted by Gasteiger charge is -2.28. The molecule has 0 unspecified atom stereocenters. The molecular weight excluding hydrogens is 408 g/mol. The SMILES string of the molecule is CCCC1CCC(c2ccc(OC(=O)C3CCC(/C(F)=C/C(F)(F)F)CC3)cc2)CC1. The quantitative estimate of drug-likeness (QED) is 0.255. The van der Waals surface area contributed by atoms with Gasteiger partial charge in [-0.05, 0) is 80.9 Å². The monoisotopic (exact) mass is 440 g/mol. The largest absolute Gasteiger partial charge is 0.426 e. The number of hydrogen-bond donors (Lipinski definition) is 0. The third-order valence-corrected chi connectivity index (χ3v) is 6.87. The molecule has 0 aromatic heterocycles. The molecule has 0 saturated heterocycles. The molecule has 1 aromatic carbocycles. The molecular formula is C25H32F4O2. The summed E-state index contributed by atoms with van der Waals surface area (Å²) in [5, 5.41) is 0. The second kappa shape index (κ2) is 10.6. The van der Waals surface area contributed by atoms with E-state index in [1.54, 1.807) is 0 Å². The molecule has 0 atom stereocenters. The molecule has 3 rings (SSSR count). The van der Waals surface area contributed by atoms with Crippen molar-refractivity contribution in [2.75, 3.05) is 0 Å². The molecule has 0 bridgehead atoms. The van der Waals surface area contributed by atoms with Crippen molar-refractivity contribution in [3.63, 3.8) is 0 Å². The minimum Gasteiger partial charge on any atom is -0.426 e. The van der Waals surface area contributed by atoms with E-state index in [-0.39, 0.29) is 24.9 Å². The third kappa shape index (κ3) is 7.08. The predicted octanol–water partition coefficient (Wildman–Crippen LogP) is 7.89. The van der Waals surface area contributed by atoms with E-state index in [9.17, 15) is 22.4 Å². The maximum absolute atomic E-state index is 13.7. The number of allylic oxidation sites excluding steroid dienone is 2. The van der Waals surface area contributed by atoms with Crippen LogP contribution in [0.3, 0.4) is 0 Å². The highest BCUT2D eigenvalue weighted by Gasteiger charge is 2.33. The van der Waals surface area contributed by atoms with E-state index >= 15 is 0 Å². The van der Waals surface area contributed by atoms with Gasteiger partial charge in [-0.1, -0.05) is 31.9 Å². The van der Waals surface area contributed by atoms with Crippen LogP contribution in [-0.4, -0.2) is 12.1 Å². The molecule has 0 radical (unpaired) electrons.